The first kappa shape index (κ1) is 21.8. The molecule has 0 saturated carbocycles. The SMILES string of the molecule is COc1ccccc1[C@@H]1c2sc(=O)[nH]c2S[C@H]2C(=O)N(c3cccc(C(F)(F)F)c3)C(=O)[C@@H]12. The zero-order chi connectivity index (χ0) is 23.5. The average molecular weight is 493 g/mol. The maximum atomic E-state index is 13.6. The van der Waals surface area contributed by atoms with Crippen LogP contribution in [0.15, 0.2) is 58.4 Å². The first-order chi connectivity index (χ1) is 15.7. The van der Waals surface area contributed by atoms with E-state index in [4.69, 9.17) is 4.74 Å². The lowest BCUT2D eigenvalue weighted by molar-refractivity contribution is -0.137. The molecule has 1 N–H and O–H groups in total. The molecular formula is C22H15F3N2O4S2. The van der Waals surface area contributed by atoms with Crippen molar-refractivity contribution < 1.29 is 27.5 Å². The van der Waals surface area contributed by atoms with Crippen molar-refractivity contribution in [1.82, 2.24) is 4.98 Å². The van der Waals surface area contributed by atoms with Crippen molar-refractivity contribution in [3.05, 3.63) is 74.2 Å². The summed E-state index contributed by atoms with van der Waals surface area (Å²) in [6.45, 7) is 0. The van der Waals surface area contributed by atoms with Crippen LogP contribution >= 0.6 is 23.1 Å². The first-order valence-corrected chi connectivity index (χ1v) is 11.5. The number of benzene rings is 2. The molecule has 3 atom stereocenters. The van der Waals surface area contributed by atoms with Crippen LogP contribution in [0.2, 0.25) is 0 Å². The first-order valence-electron chi connectivity index (χ1n) is 9.78. The fraction of sp³-hybridized carbons (Fsp3) is 0.227. The van der Waals surface area contributed by atoms with E-state index in [1.807, 2.05) is 0 Å². The fourth-order valence-corrected chi connectivity index (χ4v) is 6.86. The third-order valence-electron chi connectivity index (χ3n) is 5.73. The Morgan fingerprint density at radius 2 is 1.79 bits per heavy atom. The summed E-state index contributed by atoms with van der Waals surface area (Å²) >= 11 is 2.01. The summed E-state index contributed by atoms with van der Waals surface area (Å²) in [5, 5.41) is -0.422. The van der Waals surface area contributed by atoms with Gasteiger partial charge < -0.3 is 9.72 Å². The molecule has 3 aromatic rings. The summed E-state index contributed by atoms with van der Waals surface area (Å²) in [5.74, 6) is -2.32. The number of H-pyrrole nitrogens is 1. The fourth-order valence-electron chi connectivity index (χ4n) is 4.35. The lowest BCUT2D eigenvalue weighted by Gasteiger charge is -2.30. The zero-order valence-corrected chi connectivity index (χ0v) is 18.5. The molecule has 2 aliphatic heterocycles. The van der Waals surface area contributed by atoms with E-state index >= 15 is 0 Å². The number of anilines is 1. The van der Waals surface area contributed by atoms with Crippen LogP contribution in [-0.2, 0) is 15.8 Å². The van der Waals surface area contributed by atoms with E-state index in [2.05, 4.69) is 4.98 Å². The van der Waals surface area contributed by atoms with Gasteiger partial charge in [0.1, 0.15) is 11.0 Å². The molecule has 5 rings (SSSR count). The molecule has 33 heavy (non-hydrogen) atoms. The van der Waals surface area contributed by atoms with E-state index in [1.54, 1.807) is 24.3 Å². The Hall–Kier alpha value is -3.05. The third kappa shape index (κ3) is 3.46. The van der Waals surface area contributed by atoms with Crippen LogP contribution in [0.3, 0.4) is 0 Å². The number of nitrogens with one attached hydrogen (secondary N) is 1. The second-order valence-corrected chi connectivity index (χ2v) is 9.72. The van der Waals surface area contributed by atoms with Gasteiger partial charge in [-0.15, -0.1) is 0 Å². The number of carbonyl (C=O) groups excluding carboxylic acids is 2. The Balaban J connectivity index is 1.65. The monoisotopic (exact) mass is 492 g/mol. The van der Waals surface area contributed by atoms with E-state index < -0.39 is 40.6 Å². The van der Waals surface area contributed by atoms with E-state index in [0.29, 0.717) is 21.2 Å². The summed E-state index contributed by atoms with van der Waals surface area (Å²) in [5.41, 5.74) is -0.461. The van der Waals surface area contributed by atoms with Gasteiger partial charge in [0.25, 0.3) is 0 Å². The van der Waals surface area contributed by atoms with Gasteiger partial charge in [0.2, 0.25) is 11.8 Å². The molecule has 3 heterocycles. The molecular weight excluding hydrogens is 477 g/mol. The Morgan fingerprint density at radius 1 is 1.03 bits per heavy atom. The molecule has 2 aromatic carbocycles. The molecule has 2 aliphatic rings. The summed E-state index contributed by atoms with van der Waals surface area (Å²) in [6.07, 6.45) is -4.62. The van der Waals surface area contributed by atoms with E-state index in [1.165, 1.54) is 19.2 Å². The number of alkyl halides is 3. The minimum atomic E-state index is -4.62. The number of carbonyl (C=O) groups is 2. The summed E-state index contributed by atoms with van der Waals surface area (Å²) in [4.78, 5) is 42.9. The number of methoxy groups -OCH3 is 1. The van der Waals surface area contributed by atoms with Gasteiger partial charge in [0, 0.05) is 16.4 Å². The number of rotatable bonds is 3. The number of amides is 2. The van der Waals surface area contributed by atoms with Gasteiger partial charge in [-0.05, 0) is 24.3 Å². The van der Waals surface area contributed by atoms with Crippen LogP contribution in [-0.4, -0.2) is 29.2 Å². The number of hydrogen-bond donors (Lipinski definition) is 1. The number of ether oxygens (including phenoxy) is 1. The summed E-state index contributed by atoms with van der Waals surface area (Å²) < 4.78 is 45.2. The lowest BCUT2D eigenvalue weighted by Crippen LogP contribution is -2.32. The van der Waals surface area contributed by atoms with Gasteiger partial charge >= 0.3 is 11.0 Å². The molecule has 170 valence electrons. The Morgan fingerprint density at radius 3 is 2.52 bits per heavy atom. The molecule has 0 unspecified atom stereocenters. The van der Waals surface area contributed by atoms with Crippen molar-refractivity contribution in [2.75, 3.05) is 12.0 Å². The van der Waals surface area contributed by atoms with Crippen LogP contribution in [0.5, 0.6) is 5.75 Å². The maximum absolute atomic E-state index is 13.6. The molecule has 0 spiro atoms. The third-order valence-corrected chi connectivity index (χ3v) is 8.13. The molecule has 1 aromatic heterocycles. The second kappa shape index (κ2) is 7.77. The van der Waals surface area contributed by atoms with Crippen molar-refractivity contribution in [3.63, 3.8) is 0 Å². The van der Waals surface area contributed by atoms with Crippen LogP contribution in [0.1, 0.15) is 21.9 Å². The predicted molar refractivity (Wildman–Crippen MR) is 117 cm³/mol. The molecule has 0 aliphatic carbocycles. The van der Waals surface area contributed by atoms with Crippen LogP contribution in [0.4, 0.5) is 18.9 Å². The molecule has 11 heteroatoms. The number of thiazole rings is 1. The molecule has 1 saturated heterocycles. The highest BCUT2D eigenvalue weighted by molar-refractivity contribution is 8.00. The number of aromatic amines is 1. The van der Waals surface area contributed by atoms with Gasteiger partial charge in [-0.1, -0.05) is 47.4 Å². The zero-order valence-electron chi connectivity index (χ0n) is 16.9. The van der Waals surface area contributed by atoms with Crippen molar-refractivity contribution in [3.8, 4) is 5.75 Å². The number of thioether (sulfide) groups is 1. The van der Waals surface area contributed by atoms with E-state index in [-0.39, 0.29) is 10.6 Å². The lowest BCUT2D eigenvalue weighted by atomic mass is 9.82. The van der Waals surface area contributed by atoms with Crippen LogP contribution in [0, 0.1) is 5.92 Å². The molecule has 0 bridgehead atoms. The average Bonchev–Trinajstić information content (AvgIpc) is 3.28. The predicted octanol–water partition coefficient (Wildman–Crippen LogP) is 4.26. The minimum absolute atomic E-state index is 0.134. The summed E-state index contributed by atoms with van der Waals surface area (Å²) in [6, 6.07) is 11.2. The maximum Gasteiger partial charge on any atom is 0.416 e. The van der Waals surface area contributed by atoms with Gasteiger partial charge in [-0.3, -0.25) is 14.4 Å². The van der Waals surface area contributed by atoms with Gasteiger partial charge in [0.15, 0.2) is 0 Å². The van der Waals surface area contributed by atoms with Crippen molar-refractivity contribution in [2.45, 2.75) is 22.4 Å². The number of halogens is 3. The number of fused-ring (bicyclic) bond motifs is 2. The number of imide groups is 1. The standard InChI is InChI=1S/C22H15F3N2O4S2/c1-31-13-8-3-2-7-12(13)14-15-17(32-18-16(14)33-21(30)26-18)20(29)27(19(15)28)11-6-4-5-10(9-11)22(23,24)25/h2-9,14-15,17H,1H3,(H,26,30)/t14-,15-,17+/m0/s1. The van der Waals surface area contributed by atoms with Crippen LogP contribution in [0.25, 0.3) is 0 Å². The highest BCUT2D eigenvalue weighted by atomic mass is 32.2. The minimum Gasteiger partial charge on any atom is -0.496 e. The molecule has 0 radical (unpaired) electrons. The normalized spacial score (nSPS) is 22.3. The van der Waals surface area contributed by atoms with E-state index in [0.717, 1.165) is 40.1 Å². The number of nitrogens with zero attached hydrogens (tertiary/aromatic N) is 1. The summed E-state index contributed by atoms with van der Waals surface area (Å²) in [7, 11) is 1.48. The molecule has 1 fully saturated rings. The largest absolute Gasteiger partial charge is 0.496 e. The Kier molecular flexibility index (Phi) is 5.13. The molecule has 6 nitrogen and oxygen atoms in total. The topological polar surface area (TPSA) is 79.5 Å². The van der Waals surface area contributed by atoms with Crippen molar-refractivity contribution in [2.24, 2.45) is 5.92 Å². The number of para-hydroxylation sites is 1. The highest BCUT2D eigenvalue weighted by Gasteiger charge is 2.57. The quantitative estimate of drug-likeness (QED) is 0.553. The van der Waals surface area contributed by atoms with Gasteiger partial charge in [0.05, 0.1) is 29.3 Å². The highest BCUT2D eigenvalue weighted by Crippen LogP contribution is 2.54. The van der Waals surface area contributed by atoms with Crippen molar-refractivity contribution >= 4 is 40.6 Å². The Bertz CT molecular complexity index is 1330. The van der Waals surface area contributed by atoms with Gasteiger partial charge in [-0.2, -0.15) is 13.2 Å². The second-order valence-electron chi connectivity index (χ2n) is 7.55. The van der Waals surface area contributed by atoms with Gasteiger partial charge in [-0.25, -0.2) is 4.90 Å². The van der Waals surface area contributed by atoms with Crippen LogP contribution < -0.4 is 14.5 Å². The molecule has 2 amide bonds. The smallest absolute Gasteiger partial charge is 0.416 e. The number of aromatic nitrogens is 1. The Labute approximate surface area is 193 Å². The van der Waals surface area contributed by atoms with E-state index in [9.17, 15) is 27.6 Å². The number of hydrogen-bond acceptors (Lipinski definition) is 6. The van der Waals surface area contributed by atoms with Crippen molar-refractivity contribution in [1.29, 1.82) is 0 Å².